The number of hydrogen-bond acceptors (Lipinski definition) is 4. The summed E-state index contributed by atoms with van der Waals surface area (Å²) < 4.78 is 65.6. The van der Waals surface area contributed by atoms with Crippen LogP contribution in [-0.2, 0) is 26.0 Å². The second-order valence-electron chi connectivity index (χ2n) is 4.91. The molecule has 1 amide bonds. The van der Waals surface area contributed by atoms with Crippen LogP contribution in [0.3, 0.4) is 0 Å². The van der Waals surface area contributed by atoms with Crippen molar-refractivity contribution in [1.82, 2.24) is 4.72 Å². The first-order valence-electron chi connectivity index (χ1n) is 6.46. The van der Waals surface area contributed by atoms with Gasteiger partial charge in [-0.1, -0.05) is 24.3 Å². The molecule has 0 spiro atoms. The molecule has 1 heterocycles. The molecule has 1 aliphatic heterocycles. The van der Waals surface area contributed by atoms with E-state index in [9.17, 15) is 26.4 Å². The van der Waals surface area contributed by atoms with E-state index in [-0.39, 0.29) is 6.42 Å². The molecule has 0 saturated heterocycles. The normalized spacial score (nSPS) is 18.6. The van der Waals surface area contributed by atoms with Crippen molar-refractivity contribution < 1.29 is 31.1 Å². The van der Waals surface area contributed by atoms with E-state index in [2.05, 4.69) is 0 Å². The Morgan fingerprint density at radius 1 is 1.32 bits per heavy atom. The lowest BCUT2D eigenvalue weighted by Gasteiger charge is -2.25. The fraction of sp³-hybridized carbons (Fsp3) is 0.462. The van der Waals surface area contributed by atoms with Gasteiger partial charge in [-0.15, -0.1) is 0 Å². The van der Waals surface area contributed by atoms with Crippen molar-refractivity contribution in [1.29, 1.82) is 0 Å². The summed E-state index contributed by atoms with van der Waals surface area (Å²) in [6.07, 6.45) is -5.25. The number of ether oxygens (including phenoxy) is 1. The monoisotopic (exact) mass is 337 g/mol. The summed E-state index contributed by atoms with van der Waals surface area (Å²) in [5.41, 5.74) is 1.72. The van der Waals surface area contributed by atoms with E-state index in [1.165, 1.54) is 4.72 Å². The summed E-state index contributed by atoms with van der Waals surface area (Å²) in [5.74, 6) is -3.11. The third kappa shape index (κ3) is 4.70. The molecule has 0 fully saturated rings. The van der Waals surface area contributed by atoms with Crippen LogP contribution in [0.15, 0.2) is 24.3 Å². The molecule has 122 valence electrons. The van der Waals surface area contributed by atoms with Crippen molar-refractivity contribution in [3.05, 3.63) is 35.4 Å². The van der Waals surface area contributed by atoms with Crippen LogP contribution in [-0.4, -0.2) is 32.9 Å². The van der Waals surface area contributed by atoms with Gasteiger partial charge < -0.3 is 4.74 Å². The fourth-order valence-corrected chi connectivity index (χ4v) is 3.21. The van der Waals surface area contributed by atoms with Gasteiger partial charge in [-0.2, -0.15) is 13.2 Å². The fourth-order valence-electron chi connectivity index (χ4n) is 2.28. The molecule has 9 heteroatoms. The standard InChI is InChI=1S/C13H14F3NO4S/c14-13(15,16)8-22(19,20)17-12(18)7-11-10-4-2-1-3-9(10)5-6-21-11/h1-4,11H,5-8H2,(H,17,18)/t11-/m1/s1. The van der Waals surface area contributed by atoms with Crippen molar-refractivity contribution in [2.45, 2.75) is 25.1 Å². The lowest BCUT2D eigenvalue weighted by Crippen LogP contribution is -2.38. The molecule has 5 nitrogen and oxygen atoms in total. The first-order chi connectivity index (χ1) is 10.2. The number of sulfonamides is 1. The SMILES string of the molecule is O=C(C[C@H]1OCCc2ccccc21)NS(=O)(=O)CC(F)(F)F. The Kier molecular flexibility index (Phi) is 4.76. The highest BCUT2D eigenvalue weighted by Crippen LogP contribution is 2.29. The average molecular weight is 337 g/mol. The maximum Gasteiger partial charge on any atom is 0.404 e. The molecule has 0 unspecified atom stereocenters. The number of nitrogens with one attached hydrogen (secondary N) is 1. The van der Waals surface area contributed by atoms with E-state index >= 15 is 0 Å². The largest absolute Gasteiger partial charge is 0.404 e. The van der Waals surface area contributed by atoms with Gasteiger partial charge in [-0.05, 0) is 17.5 Å². The number of hydrogen-bond donors (Lipinski definition) is 1. The van der Waals surface area contributed by atoms with Crippen LogP contribution in [0.25, 0.3) is 0 Å². The van der Waals surface area contributed by atoms with Crippen LogP contribution < -0.4 is 4.72 Å². The minimum absolute atomic E-state index is 0.353. The molecule has 2 rings (SSSR count). The van der Waals surface area contributed by atoms with Gasteiger partial charge in [-0.3, -0.25) is 9.52 Å². The molecule has 1 aliphatic rings. The lowest BCUT2D eigenvalue weighted by atomic mass is 9.96. The number of fused-ring (bicyclic) bond motifs is 1. The number of rotatable bonds is 4. The van der Waals surface area contributed by atoms with Gasteiger partial charge in [0.2, 0.25) is 15.9 Å². The summed E-state index contributed by atoms with van der Waals surface area (Å²) in [4.78, 5) is 11.7. The third-order valence-electron chi connectivity index (χ3n) is 3.09. The molecule has 1 aromatic carbocycles. The van der Waals surface area contributed by atoms with E-state index in [0.29, 0.717) is 13.0 Å². The van der Waals surface area contributed by atoms with Crippen molar-refractivity contribution in [2.75, 3.05) is 12.4 Å². The second kappa shape index (κ2) is 6.25. The van der Waals surface area contributed by atoms with Crippen LogP contribution in [0, 0.1) is 0 Å². The van der Waals surface area contributed by atoms with E-state index in [4.69, 9.17) is 4.74 Å². The van der Waals surface area contributed by atoms with Crippen LogP contribution in [0.2, 0.25) is 0 Å². The summed E-state index contributed by atoms with van der Waals surface area (Å²) in [5, 5.41) is 0. The van der Waals surface area contributed by atoms with Crippen molar-refractivity contribution in [2.24, 2.45) is 0 Å². The van der Waals surface area contributed by atoms with E-state index in [1.54, 1.807) is 12.1 Å². The van der Waals surface area contributed by atoms with Gasteiger partial charge >= 0.3 is 6.18 Å². The van der Waals surface area contributed by atoms with E-state index in [0.717, 1.165) is 11.1 Å². The molecule has 1 N–H and O–H groups in total. The Hall–Kier alpha value is -1.61. The Morgan fingerprint density at radius 2 is 2.00 bits per heavy atom. The van der Waals surface area contributed by atoms with Gasteiger partial charge in [-0.25, -0.2) is 8.42 Å². The van der Waals surface area contributed by atoms with Crippen LogP contribution >= 0.6 is 0 Å². The molecule has 22 heavy (non-hydrogen) atoms. The summed E-state index contributed by atoms with van der Waals surface area (Å²) in [6.45, 7) is 0.365. The Bertz CT molecular complexity index is 657. The van der Waals surface area contributed by atoms with Gasteiger partial charge in [0, 0.05) is 0 Å². The molecule has 0 radical (unpaired) electrons. The van der Waals surface area contributed by atoms with E-state index in [1.807, 2.05) is 12.1 Å². The van der Waals surface area contributed by atoms with Crippen molar-refractivity contribution >= 4 is 15.9 Å². The summed E-state index contributed by atoms with van der Waals surface area (Å²) in [6, 6.07) is 7.19. The van der Waals surface area contributed by atoms with Crippen LogP contribution in [0.4, 0.5) is 13.2 Å². The van der Waals surface area contributed by atoms with Crippen molar-refractivity contribution in [3.63, 3.8) is 0 Å². The molecule has 1 aromatic rings. The van der Waals surface area contributed by atoms with Crippen LogP contribution in [0.1, 0.15) is 23.7 Å². The highest BCUT2D eigenvalue weighted by molar-refractivity contribution is 7.90. The molecule has 0 bridgehead atoms. The first kappa shape index (κ1) is 16.8. The molecular formula is C13H14F3NO4S. The summed E-state index contributed by atoms with van der Waals surface area (Å²) in [7, 11) is -4.75. The number of alkyl halides is 3. The Balaban J connectivity index is 2.02. The molecule has 0 saturated carbocycles. The molecular weight excluding hydrogens is 323 g/mol. The minimum atomic E-state index is -4.90. The van der Waals surface area contributed by atoms with E-state index < -0.39 is 34.0 Å². The van der Waals surface area contributed by atoms with Crippen LogP contribution in [0.5, 0.6) is 0 Å². The predicted octanol–water partition coefficient (Wildman–Crippen LogP) is 1.70. The highest BCUT2D eigenvalue weighted by atomic mass is 32.2. The number of amides is 1. The second-order valence-corrected chi connectivity index (χ2v) is 6.63. The zero-order valence-corrected chi connectivity index (χ0v) is 12.2. The van der Waals surface area contributed by atoms with Crippen molar-refractivity contribution in [3.8, 4) is 0 Å². The Morgan fingerprint density at radius 3 is 2.68 bits per heavy atom. The lowest BCUT2D eigenvalue weighted by molar-refractivity contribution is -0.122. The first-order valence-corrected chi connectivity index (χ1v) is 8.11. The Labute approximate surface area is 125 Å². The number of carbonyl (C=O) groups excluding carboxylic acids is 1. The number of carbonyl (C=O) groups is 1. The zero-order chi connectivity index (χ0) is 16.4. The quantitative estimate of drug-likeness (QED) is 0.908. The smallest absolute Gasteiger partial charge is 0.373 e. The predicted molar refractivity (Wildman–Crippen MR) is 71.4 cm³/mol. The molecule has 1 atom stereocenters. The average Bonchev–Trinajstić information content (AvgIpc) is 2.35. The number of halogens is 3. The van der Waals surface area contributed by atoms with Gasteiger partial charge in [0.25, 0.3) is 0 Å². The summed E-state index contributed by atoms with van der Waals surface area (Å²) >= 11 is 0. The molecule has 0 aliphatic carbocycles. The highest BCUT2D eigenvalue weighted by Gasteiger charge is 2.36. The topological polar surface area (TPSA) is 72.5 Å². The third-order valence-corrected chi connectivity index (χ3v) is 4.33. The maximum absolute atomic E-state index is 12.1. The maximum atomic E-state index is 12.1. The minimum Gasteiger partial charge on any atom is -0.373 e. The molecule has 0 aromatic heterocycles. The number of benzene rings is 1. The van der Waals surface area contributed by atoms with Gasteiger partial charge in [0.1, 0.15) is 0 Å². The zero-order valence-electron chi connectivity index (χ0n) is 11.4. The van der Waals surface area contributed by atoms with Gasteiger partial charge in [0.15, 0.2) is 5.75 Å². The van der Waals surface area contributed by atoms with Gasteiger partial charge in [0.05, 0.1) is 19.1 Å².